The quantitative estimate of drug-likeness (QED) is 0.537. The van der Waals surface area contributed by atoms with Gasteiger partial charge in [-0.05, 0) is 116 Å². The van der Waals surface area contributed by atoms with E-state index in [4.69, 9.17) is 0 Å². The third-order valence-electron chi connectivity index (χ3n) is 12.5. The van der Waals surface area contributed by atoms with Crippen molar-refractivity contribution in [1.82, 2.24) is 0 Å². The average molecular weight is 509 g/mol. The van der Waals surface area contributed by atoms with E-state index in [-0.39, 0.29) is 28.9 Å². The fourth-order valence-corrected chi connectivity index (χ4v) is 10.5. The molecule has 4 saturated carbocycles. The second-order valence-corrected chi connectivity index (χ2v) is 14.1. The van der Waals surface area contributed by atoms with Crippen molar-refractivity contribution in [1.29, 1.82) is 0 Å². The van der Waals surface area contributed by atoms with Gasteiger partial charge in [0.1, 0.15) is 0 Å². The number of carbonyl (C=O) groups is 1. The van der Waals surface area contributed by atoms with Crippen LogP contribution in [0.1, 0.15) is 85.0 Å². The number of para-hydroxylation sites is 2. The molecule has 0 bridgehead atoms. The topological polar surface area (TPSA) is 64.0 Å². The van der Waals surface area contributed by atoms with Gasteiger partial charge in [-0.1, -0.05) is 32.9 Å². The van der Waals surface area contributed by atoms with Gasteiger partial charge in [0.2, 0.25) is 5.91 Å². The van der Waals surface area contributed by atoms with Gasteiger partial charge in [-0.2, -0.15) is 0 Å². The van der Waals surface area contributed by atoms with E-state index in [1.54, 1.807) is 0 Å². The van der Waals surface area contributed by atoms with Gasteiger partial charge < -0.3 is 15.1 Å². The molecule has 1 aromatic rings. The standard InChI is InChI=1S/C32H48N2O3/c1-20(9-12-29(37)34-19-33(4)26-7-5-6-8-27(26)34)23-10-11-24-30-25(14-16-32(23,24)3)31(2)15-13-22(35)17-21(31)18-28(30)36/h5-8,20-25,28,30,35-36H,9-19H2,1-4H3/t20-,21+,22-,23-,24+,25+,28?,30+,31+,32-/m1/s1. The maximum atomic E-state index is 13.3. The number of amides is 1. The van der Waals surface area contributed by atoms with Gasteiger partial charge in [0.25, 0.3) is 0 Å². The Morgan fingerprint density at radius 1 is 1.00 bits per heavy atom. The summed E-state index contributed by atoms with van der Waals surface area (Å²) in [5.74, 6) is 3.45. The number of hydrogen-bond acceptors (Lipinski definition) is 4. The smallest absolute Gasteiger partial charge is 0.228 e. The highest BCUT2D eigenvalue weighted by Gasteiger charge is 2.62. The molecule has 1 amide bonds. The Labute approximate surface area is 223 Å². The highest BCUT2D eigenvalue weighted by atomic mass is 16.3. The first-order valence-electron chi connectivity index (χ1n) is 15.1. The molecule has 6 rings (SSSR count). The van der Waals surface area contributed by atoms with E-state index in [9.17, 15) is 15.0 Å². The average Bonchev–Trinajstić information content (AvgIpc) is 3.40. The molecule has 10 atom stereocenters. The van der Waals surface area contributed by atoms with Gasteiger partial charge in [-0.15, -0.1) is 0 Å². The highest BCUT2D eigenvalue weighted by Crippen LogP contribution is 2.68. The molecule has 1 aromatic carbocycles. The minimum atomic E-state index is -0.221. The first-order valence-corrected chi connectivity index (χ1v) is 15.1. The Balaban J connectivity index is 1.13. The molecule has 5 aliphatic rings. The van der Waals surface area contributed by atoms with Crippen LogP contribution in [0.15, 0.2) is 24.3 Å². The van der Waals surface area contributed by atoms with Crippen molar-refractivity contribution in [3.63, 3.8) is 0 Å². The van der Waals surface area contributed by atoms with Crippen molar-refractivity contribution >= 4 is 17.3 Å². The fourth-order valence-electron chi connectivity index (χ4n) is 10.5. The number of benzene rings is 1. The molecule has 1 heterocycles. The number of carbonyl (C=O) groups excluding carboxylic acids is 1. The number of aliphatic hydroxyl groups is 2. The number of aliphatic hydroxyl groups excluding tert-OH is 2. The van der Waals surface area contributed by atoms with Gasteiger partial charge in [-0.3, -0.25) is 9.69 Å². The fraction of sp³-hybridized carbons (Fsp3) is 0.781. The zero-order chi connectivity index (χ0) is 26.1. The van der Waals surface area contributed by atoms with Crippen LogP contribution in [0.2, 0.25) is 0 Å². The highest BCUT2D eigenvalue weighted by molar-refractivity contribution is 5.99. The second kappa shape index (κ2) is 9.26. The van der Waals surface area contributed by atoms with E-state index in [2.05, 4.69) is 44.9 Å². The SMILES string of the molecule is C[C@H](CCC(=O)N1CN(C)c2ccccc21)[C@H]1CC[C@H]2[C@@H]3C(O)C[C@@H]4C[C@H](O)CC[C@]4(C)[C@H]3CC[C@]12C. The summed E-state index contributed by atoms with van der Waals surface area (Å²) in [6.45, 7) is 8.05. The van der Waals surface area contributed by atoms with Crippen molar-refractivity contribution in [2.24, 2.45) is 46.3 Å². The second-order valence-electron chi connectivity index (χ2n) is 14.1. The molecule has 0 spiro atoms. The molecule has 204 valence electrons. The molecule has 4 fully saturated rings. The van der Waals surface area contributed by atoms with E-state index >= 15 is 0 Å². The van der Waals surface area contributed by atoms with Gasteiger partial charge in [0, 0.05) is 13.5 Å². The minimum Gasteiger partial charge on any atom is -0.393 e. The summed E-state index contributed by atoms with van der Waals surface area (Å²) < 4.78 is 0. The molecule has 2 N–H and O–H groups in total. The lowest BCUT2D eigenvalue weighted by atomic mass is 9.43. The van der Waals surface area contributed by atoms with E-state index in [0.717, 1.165) is 43.5 Å². The lowest BCUT2D eigenvalue weighted by Gasteiger charge is -2.62. The van der Waals surface area contributed by atoms with E-state index in [1.165, 1.54) is 25.7 Å². The summed E-state index contributed by atoms with van der Waals surface area (Å²) in [5.41, 5.74) is 2.73. The number of hydrogen-bond donors (Lipinski definition) is 2. The molecule has 4 aliphatic carbocycles. The molecular weight excluding hydrogens is 460 g/mol. The first kappa shape index (κ1) is 25.7. The van der Waals surface area contributed by atoms with Crippen LogP contribution in [0, 0.1) is 46.3 Å². The lowest BCUT2D eigenvalue weighted by molar-refractivity contribution is -0.174. The van der Waals surface area contributed by atoms with Crippen molar-refractivity contribution in [3.8, 4) is 0 Å². The molecule has 5 heteroatoms. The molecule has 37 heavy (non-hydrogen) atoms. The molecule has 0 aromatic heterocycles. The number of rotatable bonds is 4. The third-order valence-corrected chi connectivity index (χ3v) is 12.5. The molecule has 5 nitrogen and oxygen atoms in total. The van der Waals surface area contributed by atoms with Crippen molar-refractivity contribution < 1.29 is 15.0 Å². The summed E-state index contributed by atoms with van der Waals surface area (Å²) in [7, 11) is 2.06. The Bertz CT molecular complexity index is 1030. The molecule has 0 radical (unpaired) electrons. The van der Waals surface area contributed by atoms with Crippen LogP contribution in [0.25, 0.3) is 0 Å². The van der Waals surface area contributed by atoms with Crippen LogP contribution < -0.4 is 9.80 Å². The summed E-state index contributed by atoms with van der Waals surface area (Å²) in [6, 6.07) is 8.22. The van der Waals surface area contributed by atoms with Crippen LogP contribution in [-0.4, -0.2) is 42.0 Å². The summed E-state index contributed by atoms with van der Waals surface area (Å²) >= 11 is 0. The van der Waals surface area contributed by atoms with Gasteiger partial charge in [0.15, 0.2) is 0 Å². The number of anilines is 2. The van der Waals surface area contributed by atoms with Gasteiger partial charge >= 0.3 is 0 Å². The van der Waals surface area contributed by atoms with Crippen LogP contribution in [-0.2, 0) is 4.79 Å². The molecule has 1 aliphatic heterocycles. The zero-order valence-corrected chi connectivity index (χ0v) is 23.4. The Kier molecular flexibility index (Phi) is 6.42. The third kappa shape index (κ3) is 3.97. The van der Waals surface area contributed by atoms with Gasteiger partial charge in [-0.25, -0.2) is 0 Å². The minimum absolute atomic E-state index is 0.176. The Morgan fingerprint density at radius 3 is 2.49 bits per heavy atom. The van der Waals surface area contributed by atoms with E-state index in [0.29, 0.717) is 48.6 Å². The Morgan fingerprint density at radius 2 is 1.70 bits per heavy atom. The maximum absolute atomic E-state index is 13.3. The molecule has 1 unspecified atom stereocenters. The van der Waals surface area contributed by atoms with E-state index < -0.39 is 0 Å². The lowest BCUT2D eigenvalue weighted by Crippen LogP contribution is -2.58. The van der Waals surface area contributed by atoms with Crippen LogP contribution in [0.4, 0.5) is 11.4 Å². The van der Waals surface area contributed by atoms with Crippen LogP contribution >= 0.6 is 0 Å². The maximum Gasteiger partial charge on any atom is 0.228 e. The van der Waals surface area contributed by atoms with Crippen molar-refractivity contribution in [2.45, 2.75) is 97.2 Å². The number of fused-ring (bicyclic) bond motifs is 6. The molecular formula is C32H48N2O3. The van der Waals surface area contributed by atoms with Crippen LogP contribution in [0.3, 0.4) is 0 Å². The zero-order valence-electron chi connectivity index (χ0n) is 23.4. The van der Waals surface area contributed by atoms with Gasteiger partial charge in [0.05, 0.1) is 30.3 Å². The van der Waals surface area contributed by atoms with Crippen LogP contribution in [0.5, 0.6) is 0 Å². The molecule has 0 saturated heterocycles. The van der Waals surface area contributed by atoms with Crippen molar-refractivity contribution in [3.05, 3.63) is 24.3 Å². The Hall–Kier alpha value is -1.59. The summed E-state index contributed by atoms with van der Waals surface area (Å²) in [6.07, 6.45) is 9.90. The monoisotopic (exact) mass is 508 g/mol. The number of nitrogens with zero attached hydrogens (tertiary/aromatic N) is 2. The normalized spacial score (nSPS) is 43.6. The summed E-state index contributed by atoms with van der Waals surface area (Å²) in [4.78, 5) is 17.4. The largest absolute Gasteiger partial charge is 0.393 e. The van der Waals surface area contributed by atoms with E-state index in [1.807, 2.05) is 17.0 Å². The predicted molar refractivity (Wildman–Crippen MR) is 148 cm³/mol. The summed E-state index contributed by atoms with van der Waals surface area (Å²) in [5, 5.41) is 21.8. The predicted octanol–water partition coefficient (Wildman–Crippen LogP) is 5.83. The first-order chi connectivity index (χ1) is 17.6. The van der Waals surface area contributed by atoms with Crippen molar-refractivity contribution in [2.75, 3.05) is 23.5 Å².